The maximum atomic E-state index is 10.2. The zero-order valence-electron chi connectivity index (χ0n) is 9.80. The van der Waals surface area contributed by atoms with Crippen molar-refractivity contribution >= 4 is 0 Å². The van der Waals surface area contributed by atoms with E-state index in [4.69, 9.17) is 4.74 Å². The Morgan fingerprint density at radius 3 is 2.82 bits per heavy atom. The van der Waals surface area contributed by atoms with Gasteiger partial charge in [0, 0.05) is 5.56 Å². The van der Waals surface area contributed by atoms with Gasteiger partial charge in [0.1, 0.15) is 11.9 Å². The molecule has 1 aliphatic heterocycles. The van der Waals surface area contributed by atoms with Crippen molar-refractivity contribution in [3.05, 3.63) is 29.3 Å². The van der Waals surface area contributed by atoms with E-state index in [1.54, 1.807) is 0 Å². The van der Waals surface area contributed by atoms with E-state index in [2.05, 4.69) is 0 Å². The highest BCUT2D eigenvalue weighted by molar-refractivity contribution is 5.44. The molecule has 2 unspecified atom stereocenters. The Kier molecular flexibility index (Phi) is 2.81. The zero-order chi connectivity index (χ0) is 11.8. The molecule has 1 aromatic carbocycles. The van der Waals surface area contributed by atoms with Crippen LogP contribution in [0.4, 0.5) is 0 Å². The molecule has 1 aliphatic carbocycles. The summed E-state index contributed by atoms with van der Waals surface area (Å²) in [6.45, 7) is 0.705. The van der Waals surface area contributed by atoms with Crippen LogP contribution in [0.1, 0.15) is 36.5 Å². The second-order valence-electron chi connectivity index (χ2n) is 5.06. The van der Waals surface area contributed by atoms with Crippen molar-refractivity contribution in [1.29, 1.82) is 0 Å². The van der Waals surface area contributed by atoms with Crippen LogP contribution in [0.5, 0.6) is 5.75 Å². The predicted octanol–water partition coefficient (Wildman–Crippen LogP) is 1.82. The minimum Gasteiger partial charge on any atom is -0.493 e. The molecule has 3 rings (SSSR count). The third-order valence-electron chi connectivity index (χ3n) is 3.71. The number of benzene rings is 1. The topological polar surface area (TPSA) is 49.7 Å². The normalized spacial score (nSPS) is 22.5. The van der Waals surface area contributed by atoms with Crippen molar-refractivity contribution in [2.75, 3.05) is 6.61 Å². The maximum absolute atomic E-state index is 10.2. The number of rotatable bonds is 3. The van der Waals surface area contributed by atoms with Gasteiger partial charge in [0.2, 0.25) is 0 Å². The Balaban J connectivity index is 1.90. The summed E-state index contributed by atoms with van der Waals surface area (Å²) in [5.74, 6) is 1.07. The molecule has 92 valence electrons. The van der Waals surface area contributed by atoms with Gasteiger partial charge in [-0.2, -0.15) is 0 Å². The van der Waals surface area contributed by atoms with Crippen LogP contribution >= 0.6 is 0 Å². The van der Waals surface area contributed by atoms with E-state index in [1.807, 2.05) is 18.2 Å². The molecule has 1 fully saturated rings. The second kappa shape index (κ2) is 4.31. The number of aliphatic hydroxyl groups excluding tert-OH is 2. The Morgan fingerprint density at radius 1 is 1.24 bits per heavy atom. The largest absolute Gasteiger partial charge is 0.493 e. The lowest BCUT2D eigenvalue weighted by atomic mass is 9.95. The molecule has 2 N–H and O–H groups in total. The van der Waals surface area contributed by atoms with Crippen molar-refractivity contribution < 1.29 is 14.9 Å². The van der Waals surface area contributed by atoms with Gasteiger partial charge in [-0.05, 0) is 37.2 Å². The monoisotopic (exact) mass is 234 g/mol. The minimum atomic E-state index is -0.810. The third-order valence-corrected chi connectivity index (χ3v) is 3.71. The molecule has 0 aromatic heterocycles. The van der Waals surface area contributed by atoms with Gasteiger partial charge in [-0.3, -0.25) is 0 Å². The minimum absolute atomic E-state index is 0.268. The smallest absolute Gasteiger partial charge is 0.128 e. The molecule has 0 radical (unpaired) electrons. The fourth-order valence-electron chi connectivity index (χ4n) is 2.53. The van der Waals surface area contributed by atoms with E-state index in [9.17, 15) is 10.2 Å². The van der Waals surface area contributed by atoms with Gasteiger partial charge < -0.3 is 14.9 Å². The van der Waals surface area contributed by atoms with Gasteiger partial charge >= 0.3 is 0 Å². The number of aliphatic hydroxyl groups is 2. The standard InChI is InChI=1S/C14H18O3/c15-12(9-6-7-9)13(16)11-5-1-3-10-4-2-8-17-14(10)11/h1,3,5,9,12-13,15-16H,2,4,6-8H2. The number of hydrogen-bond acceptors (Lipinski definition) is 3. The van der Waals surface area contributed by atoms with Gasteiger partial charge in [-0.25, -0.2) is 0 Å². The van der Waals surface area contributed by atoms with Gasteiger partial charge in [0.05, 0.1) is 12.7 Å². The molecule has 3 nitrogen and oxygen atoms in total. The zero-order valence-corrected chi connectivity index (χ0v) is 9.80. The number of aryl methyl sites for hydroxylation is 1. The SMILES string of the molecule is OC(c1cccc2c1OCCC2)C(O)C1CC1. The summed E-state index contributed by atoms with van der Waals surface area (Å²) in [6, 6.07) is 5.83. The van der Waals surface area contributed by atoms with Crippen LogP contribution in [0.2, 0.25) is 0 Å². The fraction of sp³-hybridized carbons (Fsp3) is 0.571. The molecule has 3 heteroatoms. The summed E-state index contributed by atoms with van der Waals surface area (Å²) in [5.41, 5.74) is 1.90. The van der Waals surface area contributed by atoms with Gasteiger partial charge in [-0.1, -0.05) is 18.2 Å². The van der Waals surface area contributed by atoms with Crippen LogP contribution in [0, 0.1) is 5.92 Å². The van der Waals surface area contributed by atoms with Crippen LogP contribution in [0.3, 0.4) is 0 Å². The number of fused-ring (bicyclic) bond motifs is 1. The predicted molar refractivity (Wildman–Crippen MR) is 63.9 cm³/mol. The first-order chi connectivity index (χ1) is 8.27. The molecule has 1 saturated carbocycles. The summed E-state index contributed by atoms with van der Waals surface area (Å²) in [7, 11) is 0. The third kappa shape index (κ3) is 2.05. The highest BCUT2D eigenvalue weighted by atomic mass is 16.5. The van der Waals surface area contributed by atoms with E-state index < -0.39 is 12.2 Å². The number of para-hydroxylation sites is 1. The Hall–Kier alpha value is -1.06. The van der Waals surface area contributed by atoms with Crippen LogP contribution in [0.25, 0.3) is 0 Å². The Bertz CT molecular complexity index is 412. The molecule has 0 saturated heterocycles. The quantitative estimate of drug-likeness (QED) is 0.838. The lowest BCUT2D eigenvalue weighted by molar-refractivity contribution is 0.00304. The summed E-state index contributed by atoms with van der Waals surface area (Å²) < 4.78 is 5.65. The average molecular weight is 234 g/mol. The van der Waals surface area contributed by atoms with Crippen molar-refractivity contribution in [2.24, 2.45) is 5.92 Å². The lowest BCUT2D eigenvalue weighted by Gasteiger charge is -2.25. The van der Waals surface area contributed by atoms with Gasteiger partial charge in [-0.15, -0.1) is 0 Å². The number of ether oxygens (including phenoxy) is 1. The van der Waals surface area contributed by atoms with E-state index in [-0.39, 0.29) is 5.92 Å². The van der Waals surface area contributed by atoms with E-state index in [1.165, 1.54) is 0 Å². The first kappa shape index (κ1) is 11.1. The molecular formula is C14H18O3. The highest BCUT2D eigenvalue weighted by Crippen LogP contribution is 2.41. The molecule has 0 amide bonds. The molecule has 1 aromatic rings. The van der Waals surface area contributed by atoms with Crippen molar-refractivity contribution in [2.45, 2.75) is 37.9 Å². The molecule has 2 aliphatic rings. The van der Waals surface area contributed by atoms with E-state index >= 15 is 0 Å². The van der Waals surface area contributed by atoms with Gasteiger partial charge in [0.25, 0.3) is 0 Å². The molecular weight excluding hydrogens is 216 g/mol. The lowest BCUT2D eigenvalue weighted by Crippen LogP contribution is -2.22. The molecule has 0 spiro atoms. The van der Waals surface area contributed by atoms with Crippen molar-refractivity contribution in [3.8, 4) is 5.75 Å². The van der Waals surface area contributed by atoms with Gasteiger partial charge in [0.15, 0.2) is 0 Å². The van der Waals surface area contributed by atoms with E-state index in [0.717, 1.165) is 42.6 Å². The Morgan fingerprint density at radius 2 is 2.06 bits per heavy atom. The average Bonchev–Trinajstić information content (AvgIpc) is 3.20. The first-order valence-electron chi connectivity index (χ1n) is 6.38. The Labute approximate surface area is 101 Å². The maximum Gasteiger partial charge on any atom is 0.128 e. The molecule has 17 heavy (non-hydrogen) atoms. The second-order valence-corrected chi connectivity index (χ2v) is 5.06. The fourth-order valence-corrected chi connectivity index (χ4v) is 2.53. The summed E-state index contributed by atoms with van der Waals surface area (Å²) in [4.78, 5) is 0. The summed E-state index contributed by atoms with van der Waals surface area (Å²) in [5, 5.41) is 20.2. The summed E-state index contributed by atoms with van der Waals surface area (Å²) in [6.07, 6.45) is 2.61. The molecule has 2 atom stereocenters. The van der Waals surface area contributed by atoms with Crippen molar-refractivity contribution in [1.82, 2.24) is 0 Å². The van der Waals surface area contributed by atoms with Crippen molar-refractivity contribution in [3.63, 3.8) is 0 Å². The summed E-state index contributed by atoms with van der Waals surface area (Å²) >= 11 is 0. The molecule has 0 bridgehead atoms. The highest BCUT2D eigenvalue weighted by Gasteiger charge is 2.36. The van der Waals surface area contributed by atoms with E-state index in [0.29, 0.717) is 6.61 Å². The van der Waals surface area contributed by atoms with Crippen LogP contribution in [-0.4, -0.2) is 22.9 Å². The van der Waals surface area contributed by atoms with Crippen LogP contribution in [0.15, 0.2) is 18.2 Å². The first-order valence-corrected chi connectivity index (χ1v) is 6.38. The van der Waals surface area contributed by atoms with Crippen LogP contribution in [-0.2, 0) is 6.42 Å². The number of hydrogen-bond donors (Lipinski definition) is 2. The molecule has 1 heterocycles. The van der Waals surface area contributed by atoms with Crippen LogP contribution < -0.4 is 4.74 Å².